The minimum Gasteiger partial charge on any atom is -1.00 e. The summed E-state index contributed by atoms with van der Waals surface area (Å²) in [6.45, 7) is 7.32. The summed E-state index contributed by atoms with van der Waals surface area (Å²) in [6, 6.07) is 21.1. The van der Waals surface area contributed by atoms with Crippen LogP contribution in [0.25, 0.3) is 21.5 Å². The van der Waals surface area contributed by atoms with E-state index in [1.54, 1.807) is 60.7 Å². The first-order valence-corrected chi connectivity index (χ1v) is 11.3. The first-order valence-electron chi connectivity index (χ1n) is 10.2. The quantitative estimate of drug-likeness (QED) is 0.0727. The second-order valence-electron chi connectivity index (χ2n) is 6.51. The Labute approximate surface area is 325 Å². The molecule has 0 saturated heterocycles. The van der Waals surface area contributed by atoms with Gasteiger partial charge >= 0.3 is 103 Å². The fourth-order valence-corrected chi connectivity index (χ4v) is 2.82. The Morgan fingerprint density at radius 1 is 0.744 bits per heavy atom. The molecular formula is C29H35BrK2O7. The van der Waals surface area contributed by atoms with E-state index in [1.807, 2.05) is 24.3 Å². The number of rotatable bonds is 5. The van der Waals surface area contributed by atoms with Crippen LogP contribution in [0.4, 0.5) is 0 Å². The van der Waals surface area contributed by atoms with Gasteiger partial charge in [-0.15, -0.1) is 6.58 Å². The second kappa shape index (κ2) is 27.4. The van der Waals surface area contributed by atoms with Crippen LogP contribution >= 0.6 is 15.9 Å². The summed E-state index contributed by atoms with van der Waals surface area (Å²) in [6.07, 6.45) is 3.49. The molecular weight excluding hydrogens is 618 g/mol. The molecule has 4 aromatic rings. The van der Waals surface area contributed by atoms with Gasteiger partial charge in [-0.1, -0.05) is 98.0 Å². The van der Waals surface area contributed by atoms with Crippen molar-refractivity contribution in [1.29, 1.82) is 0 Å². The van der Waals surface area contributed by atoms with Crippen molar-refractivity contribution >= 4 is 43.9 Å². The normalized spacial score (nSPS) is 8.26. The summed E-state index contributed by atoms with van der Waals surface area (Å²) in [5.41, 5.74) is 0. The number of allylic oxidation sites excluding steroid dienone is 1. The summed E-state index contributed by atoms with van der Waals surface area (Å²) < 4.78 is 5.49. The number of fused-ring (bicyclic) bond motifs is 2. The molecule has 0 amide bonds. The van der Waals surface area contributed by atoms with Crippen LogP contribution in [0, 0.1) is 0 Å². The van der Waals surface area contributed by atoms with Crippen LogP contribution in [0.3, 0.4) is 0 Å². The molecule has 4 aromatic carbocycles. The van der Waals surface area contributed by atoms with E-state index in [-0.39, 0.29) is 143 Å². The van der Waals surface area contributed by atoms with Crippen LogP contribution < -0.4 is 113 Å². The summed E-state index contributed by atoms with van der Waals surface area (Å²) in [5, 5.41) is 40.8. The molecule has 0 aliphatic rings. The topological polar surface area (TPSA) is 119 Å². The third-order valence-electron chi connectivity index (χ3n) is 4.24. The minimum absolute atomic E-state index is 0. The van der Waals surface area contributed by atoms with E-state index in [4.69, 9.17) is 14.8 Å². The van der Waals surface area contributed by atoms with Crippen molar-refractivity contribution in [2.24, 2.45) is 0 Å². The number of aromatic hydroxyl groups is 3. The number of ether oxygens (including phenoxy) is 1. The van der Waals surface area contributed by atoms with Gasteiger partial charge in [0, 0.05) is 26.9 Å². The van der Waals surface area contributed by atoms with Gasteiger partial charge in [0.1, 0.15) is 29.6 Å². The zero-order valence-corrected chi connectivity index (χ0v) is 28.7. The Morgan fingerprint density at radius 2 is 1.08 bits per heavy atom. The van der Waals surface area contributed by atoms with Crippen molar-refractivity contribution in [1.82, 2.24) is 0 Å². The summed E-state index contributed by atoms with van der Waals surface area (Å²) in [5.74, 6) is 1.44. The average molecular weight is 654 g/mol. The second-order valence-corrected chi connectivity index (χ2v) is 7.16. The van der Waals surface area contributed by atoms with Crippen LogP contribution in [-0.2, 0) is 9.68 Å². The van der Waals surface area contributed by atoms with Gasteiger partial charge in [-0.2, -0.15) is 0 Å². The van der Waals surface area contributed by atoms with Crippen molar-refractivity contribution in [2.75, 3.05) is 11.9 Å². The number of carbonyl (C=O) groups is 1. The molecule has 0 aromatic heterocycles. The fraction of sp³-hybridized carbons (Fsp3) is 0.138. The molecule has 39 heavy (non-hydrogen) atoms. The molecule has 7 nitrogen and oxygen atoms in total. The van der Waals surface area contributed by atoms with E-state index in [9.17, 15) is 15.3 Å². The van der Waals surface area contributed by atoms with Crippen LogP contribution in [-0.4, -0.2) is 33.7 Å². The van der Waals surface area contributed by atoms with Gasteiger partial charge in [0.2, 0.25) is 0 Å². The number of hydrogen-bond acceptors (Lipinski definition) is 7. The molecule has 0 heterocycles. The number of phenolic OH excluding ortho intramolecular Hbond substituents is 3. The van der Waals surface area contributed by atoms with Gasteiger partial charge in [-0.3, -0.25) is 4.79 Å². The predicted octanol–water partition coefficient (Wildman–Crippen LogP) is 0.756. The van der Waals surface area contributed by atoms with Gasteiger partial charge in [0.25, 0.3) is 6.47 Å². The Kier molecular flexibility index (Phi) is 31.8. The first-order chi connectivity index (χ1) is 16.9. The monoisotopic (exact) mass is 652 g/mol. The van der Waals surface area contributed by atoms with Crippen LogP contribution in [0.15, 0.2) is 98.1 Å². The summed E-state index contributed by atoms with van der Waals surface area (Å²) >= 11 is 3.13. The fourth-order valence-electron chi connectivity index (χ4n) is 2.82. The van der Waals surface area contributed by atoms with E-state index in [2.05, 4.69) is 34.0 Å². The van der Waals surface area contributed by atoms with Crippen molar-refractivity contribution in [3.05, 3.63) is 98.1 Å². The van der Waals surface area contributed by atoms with Gasteiger partial charge in [0.05, 0.1) is 0 Å². The average Bonchev–Trinajstić information content (AvgIpc) is 2.89. The molecule has 10 heteroatoms. The van der Waals surface area contributed by atoms with Gasteiger partial charge in [0.15, 0.2) is 0 Å². The maximum absolute atomic E-state index is 9.65. The molecule has 3 N–H and O–H groups in total. The SMILES string of the molecule is C.C.C=CCBr.C=CCOc1cccc2c(O)cccc12.O=CO[O-].Oc1cccc2c(O)cccc12.[H-].[K+].[K+]. The Bertz CT molecular complexity index is 1190. The van der Waals surface area contributed by atoms with Crippen molar-refractivity contribution in [3.63, 3.8) is 0 Å². The molecule has 202 valence electrons. The number of carbonyl (C=O) groups excluding carboxylic acids is 1. The third-order valence-corrected chi connectivity index (χ3v) is 4.70. The number of alkyl halides is 1. The first kappa shape index (κ1) is 45.3. The third kappa shape index (κ3) is 16.3. The molecule has 0 radical (unpaired) electrons. The Morgan fingerprint density at radius 3 is 1.41 bits per heavy atom. The largest absolute Gasteiger partial charge is 1.00 e. The Balaban J connectivity index is -0.000000148. The van der Waals surface area contributed by atoms with E-state index in [0.29, 0.717) is 17.4 Å². The summed E-state index contributed by atoms with van der Waals surface area (Å²) in [7, 11) is 0. The molecule has 4 rings (SSSR count). The van der Waals surface area contributed by atoms with E-state index in [1.165, 1.54) is 0 Å². The molecule has 0 unspecified atom stereocenters. The van der Waals surface area contributed by atoms with Crippen molar-refractivity contribution in [3.8, 4) is 23.0 Å². The number of phenols is 3. The smallest absolute Gasteiger partial charge is 1.00 e. The summed E-state index contributed by atoms with van der Waals surface area (Å²) in [4.78, 5) is 11.2. The molecule has 0 bridgehead atoms. The molecule has 0 fully saturated rings. The number of halogens is 1. The minimum atomic E-state index is -0.181. The van der Waals surface area contributed by atoms with Crippen LogP contribution in [0.5, 0.6) is 23.0 Å². The maximum atomic E-state index is 9.65. The number of hydrogen-bond donors (Lipinski definition) is 3. The standard InChI is InChI=1S/C13H12O2.C10H8O2.C3H5Br.CH2O3.2CH4.2K.H/c1-2-9-15-13-8-4-5-10-11(13)6-3-7-12(10)14;11-9-5-1-3-7-8(9)4-2-6-10(7)12;1-2-3-4;2-1-4-3;;;;;/h2-8,14H,1,9H2;1-6,11-12H;2H,1,3H2;1,3H;2*1H4;;;/q;;;;;;2*+1;-1/p-1. The van der Waals surface area contributed by atoms with Gasteiger partial charge in [-0.25, -0.2) is 0 Å². The zero-order chi connectivity index (χ0) is 26.1. The molecule has 0 spiro atoms. The van der Waals surface area contributed by atoms with Crippen LogP contribution in [0.1, 0.15) is 16.3 Å². The van der Waals surface area contributed by atoms with Crippen molar-refractivity contribution in [2.45, 2.75) is 14.9 Å². The van der Waals surface area contributed by atoms with Gasteiger partial charge in [-0.05, 0) is 24.3 Å². The molecule has 0 aliphatic heterocycles. The number of benzene rings is 4. The molecule has 0 aliphatic carbocycles. The molecule has 0 saturated carbocycles. The van der Waals surface area contributed by atoms with E-state index < -0.39 is 0 Å². The maximum Gasteiger partial charge on any atom is 1.00 e. The predicted molar refractivity (Wildman–Crippen MR) is 154 cm³/mol. The van der Waals surface area contributed by atoms with Gasteiger partial charge < -0.3 is 31.6 Å². The Hall–Kier alpha value is -0.737. The van der Waals surface area contributed by atoms with Crippen LogP contribution in [0.2, 0.25) is 0 Å². The zero-order valence-electron chi connectivity index (χ0n) is 21.8. The molecule has 0 atom stereocenters. The van der Waals surface area contributed by atoms with Crippen molar-refractivity contribution < 1.29 is 139 Å². The van der Waals surface area contributed by atoms with E-state index >= 15 is 0 Å². The van der Waals surface area contributed by atoms with E-state index in [0.717, 1.165) is 21.9 Å².